The monoisotopic (exact) mass is 483 g/mol. The predicted molar refractivity (Wildman–Crippen MR) is 131 cm³/mol. The maximum Gasteiger partial charge on any atom is 0.327 e. The highest BCUT2D eigenvalue weighted by Gasteiger charge is 2.51. The Hall–Kier alpha value is -3.08. The summed E-state index contributed by atoms with van der Waals surface area (Å²) >= 11 is 1.35. The minimum atomic E-state index is -0.574. The lowest BCUT2D eigenvalue weighted by atomic mass is 9.95. The van der Waals surface area contributed by atoms with Crippen molar-refractivity contribution in [1.29, 1.82) is 0 Å². The molecule has 0 radical (unpaired) electrons. The quantitative estimate of drug-likeness (QED) is 0.580. The number of hydrogen-bond donors (Lipinski definition) is 3. The van der Waals surface area contributed by atoms with Gasteiger partial charge in [0.1, 0.15) is 5.75 Å². The molecule has 2 aromatic rings. The molecule has 34 heavy (non-hydrogen) atoms. The number of nitrogens with zero attached hydrogens (tertiary/aromatic N) is 2. The van der Waals surface area contributed by atoms with E-state index in [1.54, 1.807) is 14.2 Å². The van der Waals surface area contributed by atoms with Crippen LogP contribution in [0.1, 0.15) is 17.3 Å². The van der Waals surface area contributed by atoms with Gasteiger partial charge in [0, 0.05) is 25.3 Å². The second-order valence-electron chi connectivity index (χ2n) is 8.36. The molecule has 2 fully saturated rings. The molecule has 2 heterocycles. The zero-order valence-electron chi connectivity index (χ0n) is 19.6. The lowest BCUT2D eigenvalue weighted by Gasteiger charge is -2.50. The molecule has 2 aromatic carbocycles. The van der Waals surface area contributed by atoms with E-state index in [0.29, 0.717) is 5.75 Å². The number of ether oxygens (including phenoxy) is 1. The van der Waals surface area contributed by atoms with E-state index < -0.39 is 17.5 Å². The number of benzene rings is 2. The Balaban J connectivity index is 1.57. The van der Waals surface area contributed by atoms with Crippen molar-refractivity contribution in [2.24, 2.45) is 5.92 Å². The van der Waals surface area contributed by atoms with Crippen LogP contribution in [0.4, 0.5) is 10.5 Å². The standard InChI is InChI=1S/C24H29N5O4S/c1-14-9-5-7-11-16(14)25-18(30)13-34-22-19-21(28(2)24(32)29(3)23(19)31)26-20(27-22)15-10-6-8-12-17(15)33-4/h5-12,19-22,26-27H,13H2,1-4H3,(H,25,30). The van der Waals surface area contributed by atoms with Crippen LogP contribution in [0.2, 0.25) is 0 Å². The highest BCUT2D eigenvalue weighted by molar-refractivity contribution is 8.00. The van der Waals surface area contributed by atoms with Crippen molar-refractivity contribution >= 4 is 35.3 Å². The van der Waals surface area contributed by atoms with E-state index in [1.165, 1.54) is 23.7 Å². The van der Waals surface area contributed by atoms with E-state index >= 15 is 0 Å². The molecule has 0 spiro atoms. The van der Waals surface area contributed by atoms with Crippen LogP contribution >= 0.6 is 11.8 Å². The Labute approximate surface area is 203 Å². The highest BCUT2D eigenvalue weighted by Crippen LogP contribution is 2.36. The average Bonchev–Trinajstić information content (AvgIpc) is 2.85. The Bertz CT molecular complexity index is 1100. The Morgan fingerprint density at radius 3 is 2.53 bits per heavy atom. The van der Waals surface area contributed by atoms with Gasteiger partial charge >= 0.3 is 6.03 Å². The molecule has 4 rings (SSSR count). The van der Waals surface area contributed by atoms with Crippen LogP contribution in [-0.2, 0) is 9.59 Å². The topological polar surface area (TPSA) is 103 Å². The molecule has 9 nitrogen and oxygen atoms in total. The van der Waals surface area contributed by atoms with Gasteiger partial charge in [0.25, 0.3) is 0 Å². The van der Waals surface area contributed by atoms with Gasteiger partial charge in [-0.15, -0.1) is 11.8 Å². The number of rotatable bonds is 6. The third kappa shape index (κ3) is 4.61. The zero-order chi connectivity index (χ0) is 24.4. The lowest BCUT2D eigenvalue weighted by molar-refractivity contribution is -0.140. The van der Waals surface area contributed by atoms with Crippen LogP contribution in [0.25, 0.3) is 0 Å². The normalized spacial score (nSPS) is 24.6. The van der Waals surface area contributed by atoms with Gasteiger partial charge in [0.15, 0.2) is 0 Å². The first-order chi connectivity index (χ1) is 16.3. The van der Waals surface area contributed by atoms with Crippen molar-refractivity contribution in [2.75, 3.05) is 32.3 Å². The summed E-state index contributed by atoms with van der Waals surface area (Å²) in [6.45, 7) is 1.93. The van der Waals surface area contributed by atoms with Crippen molar-refractivity contribution in [3.8, 4) is 5.75 Å². The largest absolute Gasteiger partial charge is 0.496 e. The number of hydrogen-bond acceptors (Lipinski definition) is 7. The van der Waals surface area contributed by atoms with E-state index in [0.717, 1.165) is 21.7 Å². The summed E-state index contributed by atoms with van der Waals surface area (Å²) < 4.78 is 5.53. The van der Waals surface area contributed by atoms with Crippen LogP contribution < -0.4 is 20.7 Å². The minimum Gasteiger partial charge on any atom is -0.496 e. The van der Waals surface area contributed by atoms with E-state index in [9.17, 15) is 14.4 Å². The van der Waals surface area contributed by atoms with Crippen LogP contribution in [-0.4, -0.2) is 66.1 Å². The van der Waals surface area contributed by atoms with Gasteiger partial charge in [-0.05, 0) is 24.6 Å². The van der Waals surface area contributed by atoms with Crippen molar-refractivity contribution in [3.05, 3.63) is 59.7 Å². The molecule has 4 atom stereocenters. The first-order valence-corrected chi connectivity index (χ1v) is 12.0. The molecule has 2 aliphatic heterocycles. The summed E-state index contributed by atoms with van der Waals surface area (Å²) in [5.74, 6) is -0.202. The predicted octanol–water partition coefficient (Wildman–Crippen LogP) is 2.36. The number of urea groups is 1. The summed E-state index contributed by atoms with van der Waals surface area (Å²) in [5.41, 5.74) is 2.59. The molecular formula is C24H29N5O4S. The molecule has 10 heteroatoms. The van der Waals surface area contributed by atoms with Crippen LogP contribution in [0.5, 0.6) is 5.75 Å². The van der Waals surface area contributed by atoms with E-state index in [4.69, 9.17) is 4.74 Å². The number of aryl methyl sites for hydroxylation is 1. The summed E-state index contributed by atoms with van der Waals surface area (Å²) in [6.07, 6.45) is -0.926. The molecule has 0 aromatic heterocycles. The molecule has 4 amide bonds. The SMILES string of the molecule is COc1ccccc1C1NC(SCC(=O)Nc2ccccc2C)C2C(=O)N(C)C(=O)N(C)C2N1. The van der Waals surface area contributed by atoms with E-state index in [2.05, 4.69) is 16.0 Å². The van der Waals surface area contributed by atoms with E-state index in [-0.39, 0.29) is 29.8 Å². The summed E-state index contributed by atoms with van der Waals surface area (Å²) in [4.78, 5) is 41.2. The van der Waals surface area contributed by atoms with Crippen molar-refractivity contribution in [1.82, 2.24) is 20.4 Å². The van der Waals surface area contributed by atoms with Gasteiger partial charge in [-0.2, -0.15) is 0 Å². The second kappa shape index (κ2) is 10.0. The number of para-hydroxylation sites is 2. The highest BCUT2D eigenvalue weighted by atomic mass is 32.2. The molecule has 2 aliphatic rings. The first-order valence-electron chi connectivity index (χ1n) is 11.0. The Kier molecular flexibility index (Phi) is 7.11. The number of carbonyl (C=O) groups excluding carboxylic acids is 3. The average molecular weight is 484 g/mol. The first kappa shape index (κ1) is 24.1. The van der Waals surface area contributed by atoms with Crippen LogP contribution in [0, 0.1) is 12.8 Å². The molecule has 0 aliphatic carbocycles. The summed E-state index contributed by atoms with van der Waals surface area (Å²) in [7, 11) is 4.75. The number of amides is 4. The minimum absolute atomic E-state index is 0.141. The molecule has 180 valence electrons. The molecule has 3 N–H and O–H groups in total. The third-order valence-electron chi connectivity index (χ3n) is 6.22. The third-order valence-corrected chi connectivity index (χ3v) is 7.44. The number of imide groups is 1. The Morgan fingerprint density at radius 1 is 1.09 bits per heavy atom. The van der Waals surface area contributed by atoms with Gasteiger partial charge in [-0.25, -0.2) is 4.79 Å². The number of nitrogens with one attached hydrogen (secondary N) is 3. The lowest BCUT2D eigenvalue weighted by Crippen LogP contribution is -2.72. The molecule has 2 saturated heterocycles. The summed E-state index contributed by atoms with van der Waals surface area (Å²) in [5, 5.41) is 9.38. The van der Waals surface area contributed by atoms with E-state index in [1.807, 2.05) is 55.5 Å². The smallest absolute Gasteiger partial charge is 0.327 e. The van der Waals surface area contributed by atoms with Gasteiger partial charge in [0.2, 0.25) is 11.8 Å². The number of anilines is 1. The molecule has 4 unspecified atom stereocenters. The van der Waals surface area contributed by atoms with Crippen molar-refractivity contribution in [3.63, 3.8) is 0 Å². The fourth-order valence-electron chi connectivity index (χ4n) is 4.35. The number of carbonyl (C=O) groups is 3. The van der Waals surface area contributed by atoms with Gasteiger partial charge in [0.05, 0.1) is 36.5 Å². The maximum absolute atomic E-state index is 13.1. The van der Waals surface area contributed by atoms with Crippen LogP contribution in [0.3, 0.4) is 0 Å². The summed E-state index contributed by atoms with van der Waals surface area (Å²) in [6, 6.07) is 14.8. The van der Waals surface area contributed by atoms with Gasteiger partial charge in [-0.1, -0.05) is 36.4 Å². The Morgan fingerprint density at radius 2 is 1.79 bits per heavy atom. The number of methoxy groups -OCH3 is 1. The van der Waals surface area contributed by atoms with Crippen molar-refractivity contribution in [2.45, 2.75) is 24.6 Å². The second-order valence-corrected chi connectivity index (χ2v) is 9.49. The number of fused-ring (bicyclic) bond motifs is 1. The molecular weight excluding hydrogens is 454 g/mol. The van der Waals surface area contributed by atoms with Crippen LogP contribution in [0.15, 0.2) is 48.5 Å². The van der Waals surface area contributed by atoms with Gasteiger partial charge < -0.3 is 15.0 Å². The number of thioether (sulfide) groups is 1. The van der Waals surface area contributed by atoms with Crippen molar-refractivity contribution < 1.29 is 19.1 Å². The molecule has 0 bridgehead atoms. The maximum atomic E-state index is 13.1. The fourth-order valence-corrected chi connectivity index (χ4v) is 5.46. The molecule has 0 saturated carbocycles. The zero-order valence-corrected chi connectivity index (χ0v) is 20.4. The fraction of sp³-hybridized carbons (Fsp3) is 0.375. The van der Waals surface area contributed by atoms with Gasteiger partial charge in [-0.3, -0.25) is 25.1 Å².